The van der Waals surface area contributed by atoms with Crippen molar-refractivity contribution in [3.63, 3.8) is 0 Å². The van der Waals surface area contributed by atoms with Crippen LogP contribution in [0.15, 0.2) is 59.8 Å². The number of nitrogens with zero attached hydrogens (tertiary/aromatic N) is 1. The minimum atomic E-state index is 0.799. The van der Waals surface area contributed by atoms with Gasteiger partial charge in [0.2, 0.25) is 0 Å². The molecule has 0 spiro atoms. The Bertz CT molecular complexity index is 846. The van der Waals surface area contributed by atoms with E-state index in [1.165, 1.54) is 4.88 Å². The summed E-state index contributed by atoms with van der Waals surface area (Å²) in [6, 6.07) is 8.17. The average molecular weight is 309 g/mol. The van der Waals surface area contributed by atoms with Gasteiger partial charge >= 0.3 is 0 Å². The Kier molecular flexibility index (Phi) is 3.40. The molecule has 0 aromatic carbocycles. The number of pyridine rings is 1. The first-order valence-corrected chi connectivity index (χ1v) is 8.03. The van der Waals surface area contributed by atoms with Gasteiger partial charge in [0.05, 0.1) is 6.54 Å². The Balaban J connectivity index is 1.45. The van der Waals surface area contributed by atoms with Crippen molar-refractivity contribution in [2.24, 2.45) is 0 Å². The van der Waals surface area contributed by atoms with E-state index < -0.39 is 0 Å². The smallest absolute Gasteiger partial charge is 0.189 e. The highest BCUT2D eigenvalue weighted by molar-refractivity contribution is 7.09. The topological polar surface area (TPSA) is 49.9 Å². The van der Waals surface area contributed by atoms with Crippen LogP contribution in [0.2, 0.25) is 0 Å². The van der Waals surface area contributed by atoms with Crippen LogP contribution in [-0.4, -0.2) is 9.97 Å². The Hall–Kier alpha value is -2.53. The number of aromatic amines is 1. The van der Waals surface area contributed by atoms with Gasteiger partial charge in [0, 0.05) is 34.6 Å². The van der Waals surface area contributed by atoms with Crippen molar-refractivity contribution in [3.8, 4) is 0 Å². The van der Waals surface area contributed by atoms with Crippen molar-refractivity contribution in [1.82, 2.24) is 15.3 Å². The molecule has 0 atom stereocenters. The fourth-order valence-electron chi connectivity index (χ4n) is 2.47. The third-order valence-electron chi connectivity index (χ3n) is 3.55. The fourth-order valence-corrected chi connectivity index (χ4v) is 3.12. The lowest BCUT2D eigenvalue weighted by atomic mass is 10.2. The summed E-state index contributed by atoms with van der Waals surface area (Å²) in [6.07, 6.45) is 8.70. The highest BCUT2D eigenvalue weighted by atomic mass is 32.1. The molecule has 0 saturated heterocycles. The molecular weight excluding hydrogens is 294 g/mol. The SMILES string of the molecule is C(=C1CC=C(NCc2cccs2)O1)c1c[nH]c2ncccc12. The Morgan fingerprint density at radius 2 is 2.36 bits per heavy atom. The maximum atomic E-state index is 5.86. The molecule has 110 valence electrons. The predicted molar refractivity (Wildman–Crippen MR) is 89.0 cm³/mol. The summed E-state index contributed by atoms with van der Waals surface area (Å²) in [5.41, 5.74) is 2.00. The Morgan fingerprint density at radius 1 is 1.36 bits per heavy atom. The van der Waals surface area contributed by atoms with E-state index in [2.05, 4.69) is 51.0 Å². The van der Waals surface area contributed by atoms with E-state index in [4.69, 9.17) is 4.74 Å². The van der Waals surface area contributed by atoms with Gasteiger partial charge in [-0.25, -0.2) is 4.98 Å². The predicted octanol–water partition coefficient (Wildman–Crippen LogP) is 4.02. The summed E-state index contributed by atoms with van der Waals surface area (Å²) in [7, 11) is 0. The molecule has 4 rings (SSSR count). The van der Waals surface area contributed by atoms with Crippen LogP contribution in [0.3, 0.4) is 0 Å². The molecule has 1 aliphatic heterocycles. The molecule has 2 N–H and O–H groups in total. The molecule has 0 saturated carbocycles. The van der Waals surface area contributed by atoms with Gasteiger partial charge in [0.15, 0.2) is 5.88 Å². The minimum Gasteiger partial charge on any atom is -0.446 e. The van der Waals surface area contributed by atoms with Crippen LogP contribution < -0.4 is 5.32 Å². The number of nitrogens with one attached hydrogen (secondary N) is 2. The quantitative estimate of drug-likeness (QED) is 0.765. The van der Waals surface area contributed by atoms with E-state index in [1.54, 1.807) is 17.5 Å². The molecular formula is C17H15N3OS. The maximum Gasteiger partial charge on any atom is 0.189 e. The van der Waals surface area contributed by atoms with E-state index in [1.807, 2.05) is 12.3 Å². The van der Waals surface area contributed by atoms with E-state index in [0.29, 0.717) is 0 Å². The number of hydrogen-bond donors (Lipinski definition) is 2. The fraction of sp³-hybridized carbons (Fsp3) is 0.118. The normalized spacial score (nSPS) is 16.0. The summed E-state index contributed by atoms with van der Waals surface area (Å²) < 4.78 is 5.86. The summed E-state index contributed by atoms with van der Waals surface area (Å²) in [4.78, 5) is 8.77. The third kappa shape index (κ3) is 2.63. The van der Waals surface area contributed by atoms with Crippen molar-refractivity contribution in [3.05, 3.63) is 70.2 Å². The van der Waals surface area contributed by atoms with Crippen LogP contribution in [0.25, 0.3) is 17.1 Å². The van der Waals surface area contributed by atoms with Crippen molar-refractivity contribution >= 4 is 28.4 Å². The van der Waals surface area contributed by atoms with E-state index in [-0.39, 0.29) is 0 Å². The van der Waals surface area contributed by atoms with Crippen LogP contribution in [-0.2, 0) is 11.3 Å². The second-order valence-electron chi connectivity index (χ2n) is 5.06. The first kappa shape index (κ1) is 13.2. The molecule has 4 heterocycles. The number of ether oxygens (including phenoxy) is 1. The molecule has 1 aliphatic rings. The zero-order valence-corrected chi connectivity index (χ0v) is 12.7. The molecule has 5 heteroatoms. The van der Waals surface area contributed by atoms with Crippen LogP contribution in [0.1, 0.15) is 16.9 Å². The summed E-state index contributed by atoms with van der Waals surface area (Å²) >= 11 is 1.74. The van der Waals surface area contributed by atoms with E-state index in [0.717, 1.165) is 41.2 Å². The van der Waals surface area contributed by atoms with Gasteiger partial charge in [0.1, 0.15) is 11.4 Å². The second-order valence-corrected chi connectivity index (χ2v) is 6.09. The molecule has 0 bridgehead atoms. The highest BCUT2D eigenvalue weighted by Crippen LogP contribution is 2.25. The lowest BCUT2D eigenvalue weighted by Gasteiger charge is -2.07. The van der Waals surface area contributed by atoms with Gasteiger partial charge < -0.3 is 15.0 Å². The van der Waals surface area contributed by atoms with E-state index in [9.17, 15) is 0 Å². The molecule has 4 nitrogen and oxygen atoms in total. The standard InChI is InChI=1S/C17H15N3OS/c1-4-15-12(10-20-17(15)18-7-1)9-13-5-6-16(21-13)19-11-14-3-2-8-22-14/h1-4,6-10,19H,5,11H2,(H,18,20). The number of hydrogen-bond acceptors (Lipinski definition) is 4. The number of fused-ring (bicyclic) bond motifs is 1. The number of thiophene rings is 1. The zero-order chi connectivity index (χ0) is 14.8. The average Bonchev–Trinajstić information content (AvgIpc) is 3.27. The zero-order valence-electron chi connectivity index (χ0n) is 11.9. The van der Waals surface area contributed by atoms with Gasteiger partial charge in [-0.3, -0.25) is 0 Å². The second kappa shape index (κ2) is 5.69. The lowest BCUT2D eigenvalue weighted by Crippen LogP contribution is -2.11. The van der Waals surface area contributed by atoms with Crippen LogP contribution in [0, 0.1) is 0 Å². The molecule has 3 aromatic heterocycles. The number of aromatic nitrogens is 2. The van der Waals surface area contributed by atoms with Gasteiger partial charge in [-0.2, -0.15) is 0 Å². The van der Waals surface area contributed by atoms with Crippen molar-refractivity contribution in [2.45, 2.75) is 13.0 Å². The largest absolute Gasteiger partial charge is 0.446 e. The molecule has 0 radical (unpaired) electrons. The minimum absolute atomic E-state index is 0.799. The molecule has 0 aliphatic carbocycles. The van der Waals surface area contributed by atoms with Gasteiger partial charge in [-0.15, -0.1) is 11.3 Å². The van der Waals surface area contributed by atoms with Crippen molar-refractivity contribution in [1.29, 1.82) is 0 Å². The Morgan fingerprint density at radius 3 is 3.27 bits per heavy atom. The number of allylic oxidation sites excluding steroid dienone is 1. The Labute approximate surface area is 132 Å². The van der Waals surface area contributed by atoms with Gasteiger partial charge in [-0.05, 0) is 35.7 Å². The van der Waals surface area contributed by atoms with Gasteiger partial charge in [-0.1, -0.05) is 6.07 Å². The van der Waals surface area contributed by atoms with E-state index >= 15 is 0 Å². The first-order chi connectivity index (χ1) is 10.9. The summed E-state index contributed by atoms with van der Waals surface area (Å²) in [5, 5.41) is 6.51. The van der Waals surface area contributed by atoms with Crippen molar-refractivity contribution in [2.75, 3.05) is 0 Å². The van der Waals surface area contributed by atoms with Crippen molar-refractivity contribution < 1.29 is 4.74 Å². The van der Waals surface area contributed by atoms with Crippen LogP contribution in [0.5, 0.6) is 0 Å². The molecule has 0 fully saturated rings. The summed E-state index contributed by atoms with van der Waals surface area (Å²) in [6.45, 7) is 0.799. The van der Waals surface area contributed by atoms with Crippen LogP contribution in [0.4, 0.5) is 0 Å². The number of rotatable bonds is 4. The third-order valence-corrected chi connectivity index (χ3v) is 4.42. The number of H-pyrrole nitrogens is 1. The van der Waals surface area contributed by atoms with Gasteiger partial charge in [0.25, 0.3) is 0 Å². The first-order valence-electron chi connectivity index (χ1n) is 7.15. The highest BCUT2D eigenvalue weighted by Gasteiger charge is 2.12. The summed E-state index contributed by atoms with van der Waals surface area (Å²) in [5.74, 6) is 1.77. The molecule has 22 heavy (non-hydrogen) atoms. The molecule has 3 aromatic rings. The molecule has 0 unspecified atom stereocenters. The lowest BCUT2D eigenvalue weighted by molar-refractivity contribution is 0.295. The monoisotopic (exact) mass is 309 g/mol. The maximum absolute atomic E-state index is 5.86. The molecule has 0 amide bonds. The van der Waals surface area contributed by atoms with Crippen LogP contribution >= 0.6 is 11.3 Å².